The first-order valence-corrected chi connectivity index (χ1v) is 5.45. The van der Waals surface area contributed by atoms with Crippen LogP contribution in [0.1, 0.15) is 6.92 Å². The molecule has 0 saturated heterocycles. The molecule has 0 nitrogen and oxygen atoms in total. The van der Waals surface area contributed by atoms with Crippen LogP contribution >= 0.6 is 34.2 Å². The van der Waals surface area contributed by atoms with Gasteiger partial charge < -0.3 is 0 Å². The molecule has 0 aliphatic rings. The van der Waals surface area contributed by atoms with Crippen LogP contribution in [0.3, 0.4) is 0 Å². The van der Waals surface area contributed by atoms with Gasteiger partial charge in [-0.25, -0.2) is 0 Å². The summed E-state index contributed by atoms with van der Waals surface area (Å²) in [5.74, 6) is 3.64. The van der Waals surface area contributed by atoms with Crippen LogP contribution in [0.2, 0.25) is 0 Å². The fraction of sp³-hybridized carbons (Fsp3) is 1.00. The summed E-state index contributed by atoms with van der Waals surface area (Å²) in [5.41, 5.74) is 0. The van der Waals surface area contributed by atoms with Crippen molar-refractivity contribution in [3.63, 3.8) is 0 Å². The van der Waals surface area contributed by atoms with Crippen molar-refractivity contribution in [1.82, 2.24) is 0 Å². The van der Waals surface area contributed by atoms with E-state index in [2.05, 4.69) is 18.6 Å². The Morgan fingerprint density at radius 3 is 2.57 bits per heavy atom. The average Bonchev–Trinajstić information content (AvgIpc) is 1.69. The molecule has 0 unspecified atom stereocenters. The zero-order chi connectivity index (χ0) is 5.54. The average molecular weight is 154 g/mol. The van der Waals surface area contributed by atoms with E-state index in [-0.39, 0.29) is 0 Å². The highest BCUT2D eigenvalue weighted by molar-refractivity contribution is 8.68. The van der Waals surface area contributed by atoms with Gasteiger partial charge in [0, 0.05) is 11.5 Å². The van der Waals surface area contributed by atoms with Crippen LogP contribution in [-0.4, -0.2) is 17.3 Å². The number of hydrogen-bond donors (Lipinski definition) is 1. The van der Waals surface area contributed by atoms with Crippen molar-refractivity contribution < 1.29 is 0 Å². The molecule has 0 saturated carbocycles. The zero-order valence-corrected chi connectivity index (χ0v) is 6.91. The first kappa shape index (κ1) is 8.05. The van der Waals surface area contributed by atoms with E-state index in [1.807, 2.05) is 11.8 Å². The third-order valence-corrected chi connectivity index (χ3v) is 2.62. The Morgan fingerprint density at radius 2 is 2.14 bits per heavy atom. The molecule has 0 aromatic rings. The molecular formula is C4H10S3. The van der Waals surface area contributed by atoms with Crippen molar-refractivity contribution >= 4 is 34.2 Å². The van der Waals surface area contributed by atoms with E-state index in [0.29, 0.717) is 0 Å². The van der Waals surface area contributed by atoms with Crippen LogP contribution in [0, 0.1) is 0 Å². The Bertz CT molecular complexity index is 26.1. The van der Waals surface area contributed by atoms with Crippen molar-refractivity contribution in [2.75, 3.05) is 17.3 Å². The van der Waals surface area contributed by atoms with Gasteiger partial charge in [-0.2, -0.15) is 11.8 Å². The second-order valence-electron chi connectivity index (χ2n) is 1.03. The number of hydrogen-bond acceptors (Lipinski definition) is 3. The molecule has 0 heterocycles. The zero-order valence-electron chi connectivity index (χ0n) is 4.39. The fourth-order valence-corrected chi connectivity index (χ4v) is 1.97. The van der Waals surface area contributed by atoms with E-state index >= 15 is 0 Å². The molecule has 0 atom stereocenters. The van der Waals surface area contributed by atoms with E-state index in [1.54, 1.807) is 10.8 Å². The predicted octanol–water partition coefficient (Wildman–Crippen LogP) is 2.32. The van der Waals surface area contributed by atoms with Crippen LogP contribution in [0.25, 0.3) is 0 Å². The van der Waals surface area contributed by atoms with Crippen LogP contribution in [0.15, 0.2) is 0 Å². The lowest BCUT2D eigenvalue weighted by Gasteiger charge is -1.90. The lowest BCUT2D eigenvalue weighted by Crippen LogP contribution is -1.79. The van der Waals surface area contributed by atoms with Crippen molar-refractivity contribution in [1.29, 1.82) is 0 Å². The normalized spacial score (nSPS) is 9.43. The fourth-order valence-electron chi connectivity index (χ4n) is 0.241. The molecule has 0 spiro atoms. The van der Waals surface area contributed by atoms with Crippen molar-refractivity contribution in [3.05, 3.63) is 0 Å². The molecule has 0 aliphatic carbocycles. The highest BCUT2D eigenvalue weighted by Crippen LogP contribution is 2.08. The van der Waals surface area contributed by atoms with Crippen molar-refractivity contribution in [2.24, 2.45) is 0 Å². The summed E-state index contributed by atoms with van der Waals surface area (Å²) in [5, 5.41) is 0. The summed E-state index contributed by atoms with van der Waals surface area (Å²) in [4.78, 5) is 0. The van der Waals surface area contributed by atoms with E-state index in [1.165, 1.54) is 17.3 Å². The number of rotatable bonds is 4. The smallest absolute Gasteiger partial charge is 0.0125 e. The molecule has 0 N–H and O–H groups in total. The monoisotopic (exact) mass is 154 g/mol. The molecule has 0 rings (SSSR count). The van der Waals surface area contributed by atoms with Gasteiger partial charge in [0.1, 0.15) is 0 Å². The van der Waals surface area contributed by atoms with Gasteiger partial charge in [-0.05, 0) is 5.75 Å². The molecule has 0 bridgehead atoms. The van der Waals surface area contributed by atoms with Gasteiger partial charge in [0.05, 0.1) is 0 Å². The molecule has 0 amide bonds. The minimum Gasteiger partial charge on any atom is -0.161 e. The molecule has 0 aliphatic heterocycles. The molecule has 3 heteroatoms. The first-order valence-electron chi connectivity index (χ1n) is 2.26. The van der Waals surface area contributed by atoms with Gasteiger partial charge in [0.2, 0.25) is 0 Å². The molecule has 0 radical (unpaired) electrons. The predicted molar refractivity (Wildman–Crippen MR) is 44.4 cm³/mol. The summed E-state index contributed by atoms with van der Waals surface area (Å²) in [6.07, 6.45) is 0. The van der Waals surface area contributed by atoms with Gasteiger partial charge in [-0.3, -0.25) is 0 Å². The molecular weight excluding hydrogens is 144 g/mol. The van der Waals surface area contributed by atoms with E-state index in [4.69, 9.17) is 0 Å². The topological polar surface area (TPSA) is 0 Å². The molecule has 0 fully saturated rings. The number of thioether (sulfide) groups is 1. The van der Waals surface area contributed by atoms with Gasteiger partial charge >= 0.3 is 0 Å². The van der Waals surface area contributed by atoms with E-state index < -0.39 is 0 Å². The minimum atomic E-state index is 1.17. The Kier molecular flexibility index (Phi) is 8.11. The molecule has 7 heavy (non-hydrogen) atoms. The lowest BCUT2D eigenvalue weighted by molar-refractivity contribution is 1.48. The first-order chi connectivity index (χ1) is 3.41. The second kappa shape index (κ2) is 7.05. The van der Waals surface area contributed by atoms with Crippen LogP contribution in [0.4, 0.5) is 0 Å². The molecule has 0 aromatic heterocycles. The summed E-state index contributed by atoms with van der Waals surface area (Å²) in [6, 6.07) is 0. The van der Waals surface area contributed by atoms with Crippen molar-refractivity contribution in [2.45, 2.75) is 6.92 Å². The Balaban J connectivity index is 2.45. The van der Waals surface area contributed by atoms with Crippen LogP contribution in [0.5, 0.6) is 0 Å². The third kappa shape index (κ3) is 7.05. The van der Waals surface area contributed by atoms with Gasteiger partial charge in [0.15, 0.2) is 0 Å². The Morgan fingerprint density at radius 1 is 1.43 bits per heavy atom. The maximum atomic E-state index is 4.00. The maximum absolute atomic E-state index is 4.00. The maximum Gasteiger partial charge on any atom is 0.0125 e. The summed E-state index contributed by atoms with van der Waals surface area (Å²) >= 11 is 5.96. The highest BCUT2D eigenvalue weighted by atomic mass is 33.1. The Labute approximate surface area is 58.6 Å². The number of thiol groups is 1. The standard InChI is InChI=1S/C4H10S3/c1-2-6-3-4-7-5/h5H,2-4H2,1H3. The molecule has 0 aromatic carbocycles. The van der Waals surface area contributed by atoms with Crippen molar-refractivity contribution in [3.8, 4) is 0 Å². The SMILES string of the molecule is CCSCCSS. The van der Waals surface area contributed by atoms with E-state index in [9.17, 15) is 0 Å². The van der Waals surface area contributed by atoms with Crippen LogP contribution in [-0.2, 0) is 0 Å². The third-order valence-electron chi connectivity index (χ3n) is 0.523. The summed E-state index contributed by atoms with van der Waals surface area (Å²) in [6.45, 7) is 2.17. The largest absolute Gasteiger partial charge is 0.161 e. The quantitative estimate of drug-likeness (QED) is 0.375. The van der Waals surface area contributed by atoms with Crippen LogP contribution < -0.4 is 0 Å². The lowest BCUT2D eigenvalue weighted by atomic mass is 10.9. The Hall–Kier alpha value is 1.05. The summed E-state index contributed by atoms with van der Waals surface area (Å²) < 4.78 is 0. The van der Waals surface area contributed by atoms with Gasteiger partial charge in [-0.15, -0.1) is 11.7 Å². The summed E-state index contributed by atoms with van der Waals surface area (Å²) in [7, 11) is 1.62. The highest BCUT2D eigenvalue weighted by Gasteiger charge is 1.80. The van der Waals surface area contributed by atoms with Gasteiger partial charge in [-0.1, -0.05) is 17.7 Å². The van der Waals surface area contributed by atoms with Gasteiger partial charge in [0.25, 0.3) is 0 Å². The molecule has 44 valence electrons. The van der Waals surface area contributed by atoms with E-state index in [0.717, 1.165) is 0 Å². The minimum absolute atomic E-state index is 1.17. The second-order valence-corrected chi connectivity index (χ2v) is 3.87.